The van der Waals surface area contributed by atoms with Crippen molar-refractivity contribution in [2.24, 2.45) is 0 Å². The summed E-state index contributed by atoms with van der Waals surface area (Å²) in [7, 11) is 0. The summed E-state index contributed by atoms with van der Waals surface area (Å²) in [5.41, 5.74) is 3.62. The van der Waals surface area contributed by atoms with Gasteiger partial charge in [0, 0.05) is 6.42 Å². The highest BCUT2D eigenvalue weighted by Gasteiger charge is 2.15. The molecule has 1 unspecified atom stereocenters. The maximum atomic E-state index is 10.1. The lowest BCUT2D eigenvalue weighted by Crippen LogP contribution is -2.01. The molecule has 0 aliphatic rings. The van der Waals surface area contributed by atoms with E-state index in [0.717, 1.165) is 10.0 Å². The van der Waals surface area contributed by atoms with Crippen LogP contribution in [0.2, 0.25) is 0 Å². The first-order valence-electron chi connectivity index (χ1n) is 5.55. The SMILES string of the molecule is Cc1ccc(CC(O)c2occc2Br)cc1C. The standard InChI is InChI=1S/C14H15BrO2/c1-9-3-4-11(7-10(9)2)8-13(16)14-12(15)5-6-17-14/h3-7,13,16H,8H2,1-2H3. The van der Waals surface area contributed by atoms with Gasteiger partial charge in [-0.15, -0.1) is 0 Å². The largest absolute Gasteiger partial charge is 0.465 e. The van der Waals surface area contributed by atoms with Crippen molar-refractivity contribution in [3.8, 4) is 0 Å². The Morgan fingerprint density at radius 1 is 1.24 bits per heavy atom. The van der Waals surface area contributed by atoms with Crippen molar-refractivity contribution in [1.29, 1.82) is 0 Å². The lowest BCUT2D eigenvalue weighted by molar-refractivity contribution is 0.149. The van der Waals surface area contributed by atoms with Gasteiger partial charge in [0.05, 0.1) is 10.7 Å². The van der Waals surface area contributed by atoms with Gasteiger partial charge in [0.2, 0.25) is 0 Å². The van der Waals surface area contributed by atoms with Crippen LogP contribution in [0.1, 0.15) is 28.6 Å². The summed E-state index contributed by atoms with van der Waals surface area (Å²) in [5, 5.41) is 10.1. The first kappa shape index (κ1) is 12.4. The van der Waals surface area contributed by atoms with Gasteiger partial charge in [0.25, 0.3) is 0 Å². The summed E-state index contributed by atoms with van der Waals surface area (Å²) in [6, 6.07) is 8.02. The molecule has 3 heteroatoms. The number of hydrogen-bond donors (Lipinski definition) is 1. The molecule has 0 bridgehead atoms. The molecule has 1 N–H and O–H groups in total. The van der Waals surface area contributed by atoms with Crippen molar-refractivity contribution < 1.29 is 9.52 Å². The van der Waals surface area contributed by atoms with Crippen LogP contribution in [-0.2, 0) is 6.42 Å². The monoisotopic (exact) mass is 294 g/mol. The molecule has 2 rings (SSSR count). The van der Waals surface area contributed by atoms with Gasteiger partial charge in [-0.05, 0) is 52.5 Å². The van der Waals surface area contributed by atoms with Crippen LogP contribution in [0.3, 0.4) is 0 Å². The average molecular weight is 295 g/mol. The third-order valence-electron chi connectivity index (χ3n) is 2.95. The highest BCUT2D eigenvalue weighted by Crippen LogP contribution is 2.27. The van der Waals surface area contributed by atoms with E-state index in [1.54, 1.807) is 12.3 Å². The zero-order chi connectivity index (χ0) is 12.4. The van der Waals surface area contributed by atoms with Gasteiger partial charge in [0.15, 0.2) is 0 Å². The Balaban J connectivity index is 2.16. The fourth-order valence-electron chi connectivity index (χ4n) is 1.79. The molecule has 17 heavy (non-hydrogen) atoms. The van der Waals surface area contributed by atoms with E-state index in [-0.39, 0.29) is 0 Å². The number of aliphatic hydroxyl groups excluding tert-OH is 1. The molecular formula is C14H15BrO2. The third-order valence-corrected chi connectivity index (χ3v) is 3.60. The highest BCUT2D eigenvalue weighted by atomic mass is 79.9. The second-order valence-electron chi connectivity index (χ2n) is 4.27. The van der Waals surface area contributed by atoms with Crippen molar-refractivity contribution in [1.82, 2.24) is 0 Å². The number of furan rings is 1. The summed E-state index contributed by atoms with van der Waals surface area (Å²) < 4.78 is 6.07. The minimum Gasteiger partial charge on any atom is -0.465 e. The van der Waals surface area contributed by atoms with Crippen LogP contribution < -0.4 is 0 Å². The Bertz CT molecular complexity index is 517. The summed E-state index contributed by atoms with van der Waals surface area (Å²) in [6.07, 6.45) is 1.53. The molecule has 0 saturated heterocycles. The van der Waals surface area contributed by atoms with E-state index in [1.807, 2.05) is 6.07 Å². The molecule has 0 radical (unpaired) electrons. The van der Waals surface area contributed by atoms with Crippen LogP contribution in [0.5, 0.6) is 0 Å². The van der Waals surface area contributed by atoms with E-state index in [0.29, 0.717) is 12.2 Å². The molecular weight excluding hydrogens is 280 g/mol. The van der Waals surface area contributed by atoms with Gasteiger partial charge < -0.3 is 9.52 Å². The van der Waals surface area contributed by atoms with Gasteiger partial charge >= 0.3 is 0 Å². The fraction of sp³-hybridized carbons (Fsp3) is 0.286. The van der Waals surface area contributed by atoms with Crippen molar-refractivity contribution in [2.45, 2.75) is 26.4 Å². The van der Waals surface area contributed by atoms with Crippen LogP contribution in [0, 0.1) is 13.8 Å². The van der Waals surface area contributed by atoms with E-state index in [2.05, 4.69) is 41.9 Å². The maximum Gasteiger partial charge on any atom is 0.146 e. The van der Waals surface area contributed by atoms with Gasteiger partial charge in [-0.1, -0.05) is 18.2 Å². The smallest absolute Gasteiger partial charge is 0.146 e. The number of rotatable bonds is 3. The third kappa shape index (κ3) is 2.79. The van der Waals surface area contributed by atoms with E-state index in [9.17, 15) is 5.11 Å². The van der Waals surface area contributed by atoms with Gasteiger partial charge in [-0.25, -0.2) is 0 Å². The molecule has 0 saturated carbocycles. The average Bonchev–Trinajstić information content (AvgIpc) is 2.70. The molecule has 1 aromatic heterocycles. The Morgan fingerprint density at radius 2 is 2.00 bits per heavy atom. The molecule has 0 fully saturated rings. The second-order valence-corrected chi connectivity index (χ2v) is 5.13. The first-order valence-corrected chi connectivity index (χ1v) is 6.34. The molecule has 2 nitrogen and oxygen atoms in total. The van der Waals surface area contributed by atoms with Crippen LogP contribution in [-0.4, -0.2) is 5.11 Å². The zero-order valence-electron chi connectivity index (χ0n) is 9.90. The Morgan fingerprint density at radius 3 is 2.59 bits per heavy atom. The molecule has 2 aromatic rings. The Hall–Kier alpha value is -1.06. The number of benzene rings is 1. The molecule has 0 spiro atoms. The quantitative estimate of drug-likeness (QED) is 0.930. The maximum absolute atomic E-state index is 10.1. The second kappa shape index (κ2) is 5.07. The number of hydrogen-bond acceptors (Lipinski definition) is 2. The predicted molar refractivity (Wildman–Crippen MR) is 71.0 cm³/mol. The van der Waals surface area contributed by atoms with Crippen LogP contribution in [0.15, 0.2) is 39.4 Å². The number of halogens is 1. The van der Waals surface area contributed by atoms with E-state index >= 15 is 0 Å². The molecule has 0 amide bonds. The molecule has 1 atom stereocenters. The molecule has 0 aliphatic carbocycles. The van der Waals surface area contributed by atoms with E-state index < -0.39 is 6.10 Å². The van der Waals surface area contributed by atoms with Crippen molar-refractivity contribution in [3.63, 3.8) is 0 Å². The topological polar surface area (TPSA) is 33.4 Å². The lowest BCUT2D eigenvalue weighted by Gasteiger charge is -2.10. The number of aliphatic hydroxyl groups is 1. The van der Waals surface area contributed by atoms with Crippen LogP contribution >= 0.6 is 15.9 Å². The van der Waals surface area contributed by atoms with Crippen LogP contribution in [0.4, 0.5) is 0 Å². The summed E-state index contributed by atoms with van der Waals surface area (Å²) in [6.45, 7) is 4.16. The minimum absolute atomic E-state index is 0.563. The first-order chi connectivity index (χ1) is 8.08. The predicted octanol–water partition coefficient (Wildman–Crippen LogP) is 3.94. The minimum atomic E-state index is -0.610. The Labute approximate surface area is 109 Å². The number of aryl methyl sites for hydroxylation is 2. The molecule has 1 heterocycles. The molecule has 1 aromatic carbocycles. The molecule has 90 valence electrons. The van der Waals surface area contributed by atoms with Gasteiger partial charge in [-0.2, -0.15) is 0 Å². The summed E-state index contributed by atoms with van der Waals surface area (Å²) in [4.78, 5) is 0. The molecule has 0 aliphatic heterocycles. The normalized spacial score (nSPS) is 12.7. The van der Waals surface area contributed by atoms with E-state index in [4.69, 9.17) is 4.42 Å². The Kier molecular flexibility index (Phi) is 3.69. The van der Waals surface area contributed by atoms with E-state index in [1.165, 1.54) is 11.1 Å². The van der Waals surface area contributed by atoms with Crippen LogP contribution in [0.25, 0.3) is 0 Å². The summed E-state index contributed by atoms with van der Waals surface area (Å²) in [5.74, 6) is 0.586. The summed E-state index contributed by atoms with van der Waals surface area (Å²) >= 11 is 3.35. The van der Waals surface area contributed by atoms with Crippen molar-refractivity contribution in [2.75, 3.05) is 0 Å². The van der Waals surface area contributed by atoms with Gasteiger partial charge in [-0.3, -0.25) is 0 Å². The van der Waals surface area contributed by atoms with Crippen molar-refractivity contribution in [3.05, 3.63) is 57.5 Å². The highest BCUT2D eigenvalue weighted by molar-refractivity contribution is 9.10. The zero-order valence-corrected chi connectivity index (χ0v) is 11.5. The fourth-order valence-corrected chi connectivity index (χ4v) is 2.26. The van der Waals surface area contributed by atoms with Gasteiger partial charge in [0.1, 0.15) is 11.9 Å². The van der Waals surface area contributed by atoms with Crippen molar-refractivity contribution >= 4 is 15.9 Å². The lowest BCUT2D eigenvalue weighted by atomic mass is 10.0.